The van der Waals surface area contributed by atoms with Gasteiger partial charge in [0.05, 0.1) is 32.3 Å². The number of nitrogens with zero attached hydrogens (tertiary/aromatic N) is 2. The van der Waals surface area contributed by atoms with Crippen molar-refractivity contribution in [2.24, 2.45) is 11.8 Å². The molecule has 2 N–H and O–H groups in total. The van der Waals surface area contributed by atoms with Gasteiger partial charge in [-0.2, -0.15) is 0 Å². The van der Waals surface area contributed by atoms with Crippen LogP contribution < -0.4 is 20.1 Å². The Kier molecular flexibility index (Phi) is 12.2. The van der Waals surface area contributed by atoms with Crippen molar-refractivity contribution in [2.75, 3.05) is 32.7 Å². The number of nitrogens with one attached hydrogen (secondary N) is 2. The molecule has 0 spiro atoms. The highest BCUT2D eigenvalue weighted by atomic mass is 35.5. The second-order valence-corrected chi connectivity index (χ2v) is 12.0. The Morgan fingerprint density at radius 3 is 2.43 bits per heavy atom. The third-order valence-corrected chi connectivity index (χ3v) is 6.87. The Morgan fingerprint density at radius 2 is 1.77 bits per heavy atom. The average Bonchev–Trinajstić information content (AvgIpc) is 2.95. The molecule has 3 aromatic rings. The molecule has 0 radical (unpaired) electrons. The van der Waals surface area contributed by atoms with E-state index in [0.717, 1.165) is 0 Å². The van der Waals surface area contributed by atoms with E-state index in [4.69, 9.17) is 30.5 Å². The lowest BCUT2D eigenvalue weighted by molar-refractivity contribution is -0.148. The first-order valence-corrected chi connectivity index (χ1v) is 14.8. The van der Waals surface area contributed by atoms with E-state index < -0.39 is 23.6 Å². The highest BCUT2D eigenvalue weighted by Crippen LogP contribution is 2.36. The van der Waals surface area contributed by atoms with Crippen LogP contribution in [0.25, 0.3) is 10.9 Å². The van der Waals surface area contributed by atoms with Crippen LogP contribution in [0.5, 0.6) is 11.5 Å². The quantitative estimate of drug-likeness (QED) is 0.155. The lowest BCUT2D eigenvalue weighted by atomic mass is 9.89. The molecule has 1 atom stereocenters. The SMILES string of the molecule is COC(=O)[C@H](CC(=O)Cc1ccc(Cl)cc1Nc1ncnc2cc(OC)c(OCCCNC(=O)OC(C)(C)C)cc12)C(C)C. The maximum absolute atomic E-state index is 13.1. The Bertz CT molecular complexity index is 1470. The Hall–Kier alpha value is -4.12. The van der Waals surface area contributed by atoms with Crippen molar-refractivity contribution in [3.63, 3.8) is 0 Å². The van der Waals surface area contributed by atoms with Crippen LogP contribution in [-0.2, 0) is 25.5 Å². The van der Waals surface area contributed by atoms with Crippen LogP contribution in [0.2, 0.25) is 5.02 Å². The van der Waals surface area contributed by atoms with Crippen molar-refractivity contribution >= 4 is 51.9 Å². The number of ether oxygens (including phenoxy) is 4. The number of halogens is 1. The molecule has 238 valence electrons. The summed E-state index contributed by atoms with van der Waals surface area (Å²) in [6.07, 6.45) is 1.62. The molecule has 3 rings (SSSR count). The summed E-state index contributed by atoms with van der Waals surface area (Å²) in [5.41, 5.74) is 1.32. The van der Waals surface area contributed by atoms with Gasteiger partial charge in [0.2, 0.25) is 0 Å². The van der Waals surface area contributed by atoms with Gasteiger partial charge in [-0.15, -0.1) is 0 Å². The number of Topliss-reactive ketones (excluding diaryl/α,β-unsaturated/α-hetero) is 1. The van der Waals surface area contributed by atoms with Crippen molar-refractivity contribution in [1.82, 2.24) is 15.3 Å². The fourth-order valence-electron chi connectivity index (χ4n) is 4.41. The minimum absolute atomic E-state index is 0.0451. The summed E-state index contributed by atoms with van der Waals surface area (Å²) in [5.74, 6) is 0.358. The Balaban J connectivity index is 1.79. The van der Waals surface area contributed by atoms with Gasteiger partial charge in [0.15, 0.2) is 11.5 Å². The fourth-order valence-corrected chi connectivity index (χ4v) is 4.59. The largest absolute Gasteiger partial charge is 0.493 e. The molecule has 1 aromatic heterocycles. The summed E-state index contributed by atoms with van der Waals surface area (Å²) >= 11 is 6.33. The lowest BCUT2D eigenvalue weighted by Crippen LogP contribution is -2.33. The zero-order valence-electron chi connectivity index (χ0n) is 26.3. The standard InChI is InChI=1S/C32H41ClN4O7/c1-19(2)23(30(39)42-7)15-22(38)13-20-9-10-21(33)14-25(20)37-29-24-16-28(27(41-6)17-26(24)35-18-36-29)43-12-8-11-34-31(40)44-32(3,4)5/h9-10,14,16-19,23H,8,11-13,15H2,1-7H3,(H,34,40)(H,35,36,37)/t23-/m1/s1. The van der Waals surface area contributed by atoms with Gasteiger partial charge in [0.1, 0.15) is 23.5 Å². The molecule has 11 nitrogen and oxygen atoms in total. The maximum atomic E-state index is 13.1. The lowest BCUT2D eigenvalue weighted by Gasteiger charge is -2.19. The predicted octanol–water partition coefficient (Wildman–Crippen LogP) is 6.28. The minimum Gasteiger partial charge on any atom is -0.493 e. The van der Waals surface area contributed by atoms with Gasteiger partial charge in [-0.05, 0) is 56.9 Å². The zero-order valence-corrected chi connectivity index (χ0v) is 27.0. The summed E-state index contributed by atoms with van der Waals surface area (Å²) in [4.78, 5) is 46.0. The van der Waals surface area contributed by atoms with Gasteiger partial charge in [-0.3, -0.25) is 9.59 Å². The Labute approximate surface area is 263 Å². The summed E-state index contributed by atoms with van der Waals surface area (Å²) in [6.45, 7) is 9.85. The number of fused-ring (bicyclic) bond motifs is 1. The summed E-state index contributed by atoms with van der Waals surface area (Å²) in [7, 11) is 2.86. The van der Waals surface area contributed by atoms with Crippen LogP contribution in [-0.4, -0.2) is 60.8 Å². The second-order valence-electron chi connectivity index (χ2n) is 11.6. The van der Waals surface area contributed by atoms with Crippen molar-refractivity contribution in [2.45, 2.75) is 59.5 Å². The van der Waals surface area contributed by atoms with Gasteiger partial charge in [-0.1, -0.05) is 31.5 Å². The van der Waals surface area contributed by atoms with Crippen molar-refractivity contribution in [1.29, 1.82) is 0 Å². The number of hydrogen-bond donors (Lipinski definition) is 2. The second kappa shape index (κ2) is 15.6. The molecular weight excluding hydrogens is 588 g/mol. The number of anilines is 2. The van der Waals surface area contributed by atoms with Crippen LogP contribution in [0, 0.1) is 11.8 Å². The molecule has 0 bridgehead atoms. The first-order chi connectivity index (χ1) is 20.8. The summed E-state index contributed by atoms with van der Waals surface area (Å²) < 4.78 is 21.7. The van der Waals surface area contributed by atoms with Crippen molar-refractivity contribution < 1.29 is 33.3 Å². The number of benzene rings is 2. The molecule has 1 heterocycles. The summed E-state index contributed by atoms with van der Waals surface area (Å²) in [5, 5.41) is 7.14. The first-order valence-electron chi connectivity index (χ1n) is 14.4. The van der Waals surface area contributed by atoms with Gasteiger partial charge in [0, 0.05) is 41.5 Å². The van der Waals surface area contributed by atoms with Crippen LogP contribution in [0.3, 0.4) is 0 Å². The molecule has 0 saturated carbocycles. The van der Waals surface area contributed by atoms with E-state index in [2.05, 4.69) is 20.6 Å². The van der Waals surface area contributed by atoms with E-state index in [1.807, 2.05) is 13.8 Å². The molecule has 44 heavy (non-hydrogen) atoms. The smallest absolute Gasteiger partial charge is 0.407 e. The zero-order chi connectivity index (χ0) is 32.4. The molecule has 0 aliphatic carbocycles. The third-order valence-electron chi connectivity index (χ3n) is 6.64. The number of methoxy groups -OCH3 is 2. The molecule has 0 saturated heterocycles. The van der Waals surface area contributed by atoms with Crippen LogP contribution >= 0.6 is 11.6 Å². The summed E-state index contributed by atoms with van der Waals surface area (Å²) in [6, 6.07) is 8.73. The minimum atomic E-state index is -0.574. The molecule has 0 unspecified atom stereocenters. The normalized spacial score (nSPS) is 12.0. The number of carbonyl (C=O) groups is 3. The monoisotopic (exact) mass is 628 g/mol. The number of esters is 1. The van der Waals surface area contributed by atoms with Crippen LogP contribution in [0.15, 0.2) is 36.7 Å². The van der Waals surface area contributed by atoms with E-state index in [9.17, 15) is 14.4 Å². The number of carbonyl (C=O) groups excluding carboxylic acids is 3. The average molecular weight is 629 g/mol. The van der Waals surface area contributed by atoms with E-state index in [-0.39, 0.29) is 24.5 Å². The van der Waals surface area contributed by atoms with E-state index in [1.54, 1.807) is 51.1 Å². The maximum Gasteiger partial charge on any atom is 0.407 e. The van der Waals surface area contributed by atoms with Gasteiger partial charge < -0.3 is 29.6 Å². The topological polar surface area (TPSA) is 138 Å². The highest BCUT2D eigenvalue weighted by molar-refractivity contribution is 6.31. The third kappa shape index (κ3) is 9.97. The van der Waals surface area contributed by atoms with Crippen molar-refractivity contribution in [3.8, 4) is 11.5 Å². The van der Waals surface area contributed by atoms with Crippen LogP contribution in [0.4, 0.5) is 16.3 Å². The number of aromatic nitrogens is 2. The molecule has 2 aromatic carbocycles. The number of rotatable bonds is 14. The number of hydrogen-bond acceptors (Lipinski definition) is 10. The van der Waals surface area contributed by atoms with Gasteiger partial charge in [0.25, 0.3) is 0 Å². The van der Waals surface area contributed by atoms with E-state index in [0.29, 0.717) is 64.1 Å². The molecule has 0 fully saturated rings. The molecule has 0 aliphatic heterocycles. The molecule has 1 amide bonds. The highest BCUT2D eigenvalue weighted by Gasteiger charge is 2.26. The molecule has 12 heteroatoms. The number of amides is 1. The van der Waals surface area contributed by atoms with Crippen LogP contribution in [0.1, 0.15) is 53.0 Å². The van der Waals surface area contributed by atoms with E-state index in [1.165, 1.54) is 20.5 Å². The Morgan fingerprint density at radius 1 is 1.02 bits per heavy atom. The molecular formula is C32H41ClN4O7. The van der Waals surface area contributed by atoms with Gasteiger partial charge in [-0.25, -0.2) is 14.8 Å². The number of ketones is 1. The van der Waals surface area contributed by atoms with E-state index >= 15 is 0 Å². The fraction of sp³-hybridized carbons (Fsp3) is 0.469. The first kappa shape index (κ1) is 34.4. The van der Waals surface area contributed by atoms with Gasteiger partial charge >= 0.3 is 12.1 Å². The molecule has 0 aliphatic rings. The number of alkyl carbamates (subject to hydrolysis) is 1. The predicted molar refractivity (Wildman–Crippen MR) is 169 cm³/mol. The van der Waals surface area contributed by atoms with Crippen molar-refractivity contribution in [3.05, 3.63) is 47.2 Å².